The quantitative estimate of drug-likeness (QED) is 0.855. The molecule has 0 aromatic carbocycles. The molecule has 0 bridgehead atoms. The maximum atomic E-state index is 12.6. The highest BCUT2D eigenvalue weighted by molar-refractivity contribution is 9.10. The number of aromatic nitrogens is 3. The van der Waals surface area contributed by atoms with Crippen LogP contribution in [0, 0.1) is 0 Å². The molecule has 106 valence electrons. The van der Waals surface area contributed by atoms with Crippen LogP contribution in [0.3, 0.4) is 0 Å². The summed E-state index contributed by atoms with van der Waals surface area (Å²) < 4.78 is 27.3. The molecule has 2 aromatic heterocycles. The Labute approximate surface area is 121 Å². The van der Waals surface area contributed by atoms with Gasteiger partial charge in [0.1, 0.15) is 0 Å². The van der Waals surface area contributed by atoms with Gasteiger partial charge in [0, 0.05) is 24.5 Å². The zero-order valence-corrected chi connectivity index (χ0v) is 11.9. The second-order valence-electron chi connectivity index (χ2n) is 4.68. The number of hydrogen-bond acceptors (Lipinski definition) is 3. The van der Waals surface area contributed by atoms with Gasteiger partial charge in [-0.15, -0.1) is 0 Å². The average molecular weight is 345 g/mol. The standard InChI is InChI=1S/C12H11BrF2N4O/c13-7-4-16-11-3-9(17-19(11)5-7)12(20)18(6-10(14)15)8-1-2-8/h3-5,8,10H,1-2,6H2. The van der Waals surface area contributed by atoms with E-state index in [1.165, 1.54) is 15.5 Å². The highest BCUT2D eigenvalue weighted by Crippen LogP contribution is 2.28. The third-order valence-corrected chi connectivity index (χ3v) is 3.49. The highest BCUT2D eigenvalue weighted by atomic mass is 79.9. The minimum absolute atomic E-state index is 0.0824. The van der Waals surface area contributed by atoms with Crippen LogP contribution in [0.4, 0.5) is 8.78 Å². The molecule has 3 rings (SSSR count). The molecule has 0 unspecified atom stereocenters. The Kier molecular flexibility index (Phi) is 3.41. The van der Waals surface area contributed by atoms with E-state index < -0.39 is 18.9 Å². The Balaban J connectivity index is 1.90. The normalized spacial score (nSPS) is 15.0. The third kappa shape index (κ3) is 2.65. The first kappa shape index (κ1) is 13.4. The topological polar surface area (TPSA) is 50.5 Å². The maximum Gasteiger partial charge on any atom is 0.274 e. The predicted octanol–water partition coefficient (Wildman–Crippen LogP) is 2.36. The summed E-state index contributed by atoms with van der Waals surface area (Å²) in [6.07, 6.45) is 2.26. The van der Waals surface area contributed by atoms with Gasteiger partial charge >= 0.3 is 0 Å². The van der Waals surface area contributed by atoms with Crippen molar-refractivity contribution in [2.75, 3.05) is 6.54 Å². The number of carbonyl (C=O) groups is 1. The summed E-state index contributed by atoms with van der Waals surface area (Å²) in [5.74, 6) is -0.463. The summed E-state index contributed by atoms with van der Waals surface area (Å²) in [7, 11) is 0. The third-order valence-electron chi connectivity index (χ3n) is 3.08. The van der Waals surface area contributed by atoms with Crippen LogP contribution in [0.5, 0.6) is 0 Å². The van der Waals surface area contributed by atoms with E-state index >= 15 is 0 Å². The smallest absolute Gasteiger partial charge is 0.274 e. The van der Waals surface area contributed by atoms with E-state index in [2.05, 4.69) is 26.0 Å². The lowest BCUT2D eigenvalue weighted by Gasteiger charge is -2.20. The Bertz CT molecular complexity index is 656. The van der Waals surface area contributed by atoms with Crippen molar-refractivity contribution >= 4 is 27.5 Å². The fraction of sp³-hybridized carbons (Fsp3) is 0.417. The fourth-order valence-corrected chi connectivity index (χ4v) is 2.33. The van der Waals surface area contributed by atoms with Crippen LogP contribution in [0.1, 0.15) is 23.3 Å². The first-order chi connectivity index (χ1) is 9.54. The molecule has 1 fully saturated rings. The fourth-order valence-electron chi connectivity index (χ4n) is 2.04. The van der Waals surface area contributed by atoms with Crippen molar-refractivity contribution in [2.45, 2.75) is 25.3 Å². The van der Waals surface area contributed by atoms with E-state index in [0.717, 1.165) is 17.3 Å². The first-order valence-electron chi connectivity index (χ1n) is 6.14. The molecule has 1 amide bonds. The maximum absolute atomic E-state index is 12.6. The van der Waals surface area contributed by atoms with E-state index in [9.17, 15) is 13.6 Å². The van der Waals surface area contributed by atoms with Gasteiger partial charge in [0.05, 0.1) is 11.0 Å². The van der Waals surface area contributed by atoms with Crippen LogP contribution in [0.2, 0.25) is 0 Å². The molecule has 5 nitrogen and oxygen atoms in total. The second kappa shape index (κ2) is 5.08. The highest BCUT2D eigenvalue weighted by Gasteiger charge is 2.35. The summed E-state index contributed by atoms with van der Waals surface area (Å²) in [6.45, 7) is -0.547. The number of nitrogens with zero attached hydrogens (tertiary/aromatic N) is 4. The molecule has 0 aliphatic heterocycles. The Hall–Kier alpha value is -1.57. The molecular formula is C12H11BrF2N4O. The number of amides is 1. The molecule has 0 spiro atoms. The average Bonchev–Trinajstić information content (AvgIpc) is 3.14. The van der Waals surface area contributed by atoms with Gasteiger partial charge in [-0.3, -0.25) is 4.79 Å². The van der Waals surface area contributed by atoms with Gasteiger partial charge in [0.15, 0.2) is 11.3 Å². The predicted molar refractivity (Wildman–Crippen MR) is 70.7 cm³/mol. The lowest BCUT2D eigenvalue weighted by molar-refractivity contribution is 0.0529. The van der Waals surface area contributed by atoms with Gasteiger partial charge in [-0.25, -0.2) is 18.3 Å². The van der Waals surface area contributed by atoms with Crippen molar-refractivity contribution in [1.29, 1.82) is 0 Å². The van der Waals surface area contributed by atoms with Crippen LogP contribution in [0.15, 0.2) is 22.9 Å². The second-order valence-corrected chi connectivity index (χ2v) is 5.60. The van der Waals surface area contributed by atoms with E-state index in [1.54, 1.807) is 12.4 Å². The Morgan fingerprint density at radius 2 is 2.30 bits per heavy atom. The van der Waals surface area contributed by atoms with Crippen molar-refractivity contribution in [3.63, 3.8) is 0 Å². The van der Waals surface area contributed by atoms with Gasteiger partial charge in [-0.1, -0.05) is 0 Å². The minimum atomic E-state index is -2.54. The van der Waals surface area contributed by atoms with Crippen LogP contribution >= 0.6 is 15.9 Å². The summed E-state index contributed by atoms with van der Waals surface area (Å²) in [4.78, 5) is 17.6. The largest absolute Gasteiger partial charge is 0.329 e. The summed E-state index contributed by atoms with van der Waals surface area (Å²) in [5.41, 5.74) is 0.646. The van der Waals surface area contributed by atoms with Gasteiger partial charge < -0.3 is 4.90 Å². The number of halogens is 3. The van der Waals surface area contributed by atoms with Gasteiger partial charge in [0.25, 0.3) is 12.3 Å². The van der Waals surface area contributed by atoms with Crippen LogP contribution in [-0.4, -0.2) is 44.4 Å². The lowest BCUT2D eigenvalue weighted by Crippen LogP contribution is -2.37. The molecule has 20 heavy (non-hydrogen) atoms. The van der Waals surface area contributed by atoms with E-state index in [0.29, 0.717) is 5.65 Å². The van der Waals surface area contributed by atoms with E-state index in [1.807, 2.05) is 0 Å². The minimum Gasteiger partial charge on any atom is -0.329 e. The van der Waals surface area contributed by atoms with Crippen molar-refractivity contribution in [1.82, 2.24) is 19.5 Å². The molecule has 2 aromatic rings. The molecule has 1 saturated carbocycles. The van der Waals surface area contributed by atoms with Gasteiger partial charge in [-0.2, -0.15) is 5.10 Å². The molecule has 1 aliphatic carbocycles. The number of fused-ring (bicyclic) bond motifs is 1. The Morgan fingerprint density at radius 3 is 2.95 bits per heavy atom. The lowest BCUT2D eigenvalue weighted by atomic mass is 10.3. The zero-order chi connectivity index (χ0) is 14.3. The number of carbonyl (C=O) groups excluding carboxylic acids is 1. The zero-order valence-electron chi connectivity index (χ0n) is 10.3. The van der Waals surface area contributed by atoms with E-state index in [4.69, 9.17) is 0 Å². The number of rotatable bonds is 4. The molecule has 0 N–H and O–H groups in total. The van der Waals surface area contributed by atoms with Crippen molar-refractivity contribution in [3.8, 4) is 0 Å². The van der Waals surface area contributed by atoms with Gasteiger partial charge in [-0.05, 0) is 28.8 Å². The number of hydrogen-bond donors (Lipinski definition) is 0. The first-order valence-corrected chi connectivity index (χ1v) is 6.94. The molecular weight excluding hydrogens is 334 g/mol. The summed E-state index contributed by atoms with van der Waals surface area (Å²) >= 11 is 3.26. The monoisotopic (exact) mass is 344 g/mol. The van der Waals surface area contributed by atoms with Crippen molar-refractivity contribution in [2.24, 2.45) is 0 Å². The molecule has 0 atom stereocenters. The van der Waals surface area contributed by atoms with Gasteiger partial charge in [0.2, 0.25) is 0 Å². The molecule has 0 radical (unpaired) electrons. The molecule has 0 saturated heterocycles. The van der Waals surface area contributed by atoms with E-state index in [-0.39, 0.29) is 11.7 Å². The summed E-state index contributed by atoms with van der Waals surface area (Å²) in [6, 6.07) is 1.43. The SMILES string of the molecule is O=C(c1cc2ncc(Br)cn2n1)N(CC(F)F)C1CC1. The molecule has 8 heteroatoms. The molecule has 1 aliphatic rings. The van der Waals surface area contributed by atoms with Crippen molar-refractivity contribution in [3.05, 3.63) is 28.6 Å². The Morgan fingerprint density at radius 1 is 1.55 bits per heavy atom. The van der Waals surface area contributed by atoms with Crippen LogP contribution in [0.25, 0.3) is 5.65 Å². The van der Waals surface area contributed by atoms with Crippen molar-refractivity contribution < 1.29 is 13.6 Å². The van der Waals surface area contributed by atoms with Crippen LogP contribution in [-0.2, 0) is 0 Å². The molecule has 2 heterocycles. The van der Waals surface area contributed by atoms with Crippen LogP contribution < -0.4 is 0 Å². The number of alkyl halides is 2. The summed E-state index contributed by atoms with van der Waals surface area (Å²) in [5, 5.41) is 4.10.